The molecule has 0 bridgehead atoms. The zero-order valence-corrected chi connectivity index (χ0v) is 11.8. The van der Waals surface area contributed by atoms with E-state index in [9.17, 15) is 0 Å². The Balaban J connectivity index is 1.72. The fourth-order valence-corrected chi connectivity index (χ4v) is 2.58. The van der Waals surface area contributed by atoms with Crippen molar-refractivity contribution in [3.63, 3.8) is 0 Å². The summed E-state index contributed by atoms with van der Waals surface area (Å²) >= 11 is 1.76. The van der Waals surface area contributed by atoms with E-state index in [0.717, 1.165) is 19.6 Å². The first-order chi connectivity index (χ1) is 8.74. The van der Waals surface area contributed by atoms with Gasteiger partial charge >= 0.3 is 0 Å². The highest BCUT2D eigenvalue weighted by Gasteiger charge is 2.00. The zero-order chi connectivity index (χ0) is 12.8. The summed E-state index contributed by atoms with van der Waals surface area (Å²) < 4.78 is 0. The number of nitrogens with zero attached hydrogens (tertiary/aromatic N) is 1. The van der Waals surface area contributed by atoms with Gasteiger partial charge in [-0.25, -0.2) is 0 Å². The van der Waals surface area contributed by atoms with Gasteiger partial charge < -0.3 is 10.2 Å². The zero-order valence-electron chi connectivity index (χ0n) is 11.0. The molecule has 3 heteroatoms. The third kappa shape index (κ3) is 4.17. The molecule has 0 radical (unpaired) electrons. The van der Waals surface area contributed by atoms with E-state index in [2.05, 4.69) is 65.3 Å². The number of nitrogens with one attached hydrogen (secondary N) is 1. The molecule has 0 saturated carbocycles. The molecule has 0 aliphatic carbocycles. The number of aryl methyl sites for hydroxylation is 1. The number of thiophene rings is 1. The Morgan fingerprint density at radius 3 is 2.89 bits per heavy atom. The van der Waals surface area contributed by atoms with Crippen molar-refractivity contribution in [3.05, 3.63) is 52.2 Å². The minimum absolute atomic E-state index is 0.976. The van der Waals surface area contributed by atoms with Crippen LogP contribution in [0.4, 0.5) is 5.69 Å². The average Bonchev–Trinajstić information content (AvgIpc) is 2.82. The lowest BCUT2D eigenvalue weighted by Gasteiger charge is -2.16. The van der Waals surface area contributed by atoms with Crippen molar-refractivity contribution in [2.75, 3.05) is 25.5 Å². The van der Waals surface area contributed by atoms with Gasteiger partial charge in [0.05, 0.1) is 0 Å². The van der Waals surface area contributed by atoms with Gasteiger partial charge in [0.15, 0.2) is 0 Å². The molecular weight excluding hydrogens is 240 g/mol. The molecule has 0 amide bonds. The van der Waals surface area contributed by atoms with E-state index in [1.807, 2.05) is 0 Å². The molecule has 0 saturated heterocycles. The van der Waals surface area contributed by atoms with Crippen LogP contribution in [0.1, 0.15) is 11.1 Å². The van der Waals surface area contributed by atoms with Gasteiger partial charge in [0.25, 0.3) is 0 Å². The third-order valence-electron chi connectivity index (χ3n) is 2.87. The van der Waals surface area contributed by atoms with Crippen LogP contribution in [0.2, 0.25) is 0 Å². The van der Waals surface area contributed by atoms with E-state index in [1.54, 1.807) is 11.3 Å². The van der Waals surface area contributed by atoms with E-state index >= 15 is 0 Å². The quantitative estimate of drug-likeness (QED) is 0.853. The summed E-state index contributed by atoms with van der Waals surface area (Å²) in [6, 6.07) is 10.7. The van der Waals surface area contributed by atoms with Gasteiger partial charge in [-0.15, -0.1) is 0 Å². The third-order valence-corrected chi connectivity index (χ3v) is 3.61. The first-order valence-corrected chi connectivity index (χ1v) is 7.18. The van der Waals surface area contributed by atoms with Crippen molar-refractivity contribution in [1.82, 2.24) is 4.90 Å². The number of benzene rings is 1. The van der Waals surface area contributed by atoms with Crippen LogP contribution in [0.3, 0.4) is 0 Å². The van der Waals surface area contributed by atoms with Crippen molar-refractivity contribution in [1.29, 1.82) is 0 Å². The van der Waals surface area contributed by atoms with Crippen LogP contribution in [-0.2, 0) is 6.54 Å². The highest BCUT2D eigenvalue weighted by Crippen LogP contribution is 2.10. The van der Waals surface area contributed by atoms with E-state index in [1.165, 1.54) is 16.8 Å². The highest BCUT2D eigenvalue weighted by molar-refractivity contribution is 7.07. The average molecular weight is 260 g/mol. The standard InChI is InChI=1S/C15H20N2S/c1-13-4-3-5-15(10-13)16-7-8-17(2)11-14-6-9-18-12-14/h3-6,9-10,12,16H,7-8,11H2,1-2H3. The minimum atomic E-state index is 0.976. The van der Waals surface area contributed by atoms with Gasteiger partial charge in [-0.3, -0.25) is 0 Å². The lowest BCUT2D eigenvalue weighted by Crippen LogP contribution is -2.24. The van der Waals surface area contributed by atoms with Crippen LogP contribution in [0.5, 0.6) is 0 Å². The van der Waals surface area contributed by atoms with Crippen LogP contribution >= 0.6 is 11.3 Å². The number of rotatable bonds is 6. The maximum Gasteiger partial charge on any atom is 0.0343 e. The Hall–Kier alpha value is -1.32. The van der Waals surface area contributed by atoms with Gasteiger partial charge in [-0.1, -0.05) is 12.1 Å². The second-order valence-electron chi connectivity index (χ2n) is 4.67. The number of hydrogen-bond acceptors (Lipinski definition) is 3. The lowest BCUT2D eigenvalue weighted by molar-refractivity contribution is 0.340. The van der Waals surface area contributed by atoms with Crippen molar-refractivity contribution in [3.8, 4) is 0 Å². The summed E-state index contributed by atoms with van der Waals surface area (Å²) in [5, 5.41) is 7.80. The molecule has 0 unspecified atom stereocenters. The summed E-state index contributed by atoms with van der Waals surface area (Å²) in [4.78, 5) is 2.34. The molecule has 0 aliphatic heterocycles. The monoisotopic (exact) mass is 260 g/mol. The van der Waals surface area contributed by atoms with Gasteiger partial charge in [-0.2, -0.15) is 11.3 Å². The van der Waals surface area contributed by atoms with E-state index in [4.69, 9.17) is 0 Å². The van der Waals surface area contributed by atoms with Crippen molar-refractivity contribution >= 4 is 17.0 Å². The predicted molar refractivity (Wildman–Crippen MR) is 80.3 cm³/mol. The molecular formula is C15H20N2S. The second-order valence-corrected chi connectivity index (χ2v) is 5.45. The van der Waals surface area contributed by atoms with E-state index in [0.29, 0.717) is 0 Å². The molecule has 2 rings (SSSR count). The molecule has 1 aromatic carbocycles. The summed E-state index contributed by atoms with van der Waals surface area (Å²) in [5.74, 6) is 0. The first kappa shape index (κ1) is 13.1. The number of anilines is 1. The SMILES string of the molecule is Cc1cccc(NCCN(C)Cc2ccsc2)c1. The predicted octanol–water partition coefficient (Wildman–Crippen LogP) is 3.60. The first-order valence-electron chi connectivity index (χ1n) is 6.24. The highest BCUT2D eigenvalue weighted by atomic mass is 32.1. The van der Waals surface area contributed by atoms with Crippen LogP contribution in [-0.4, -0.2) is 25.0 Å². The largest absolute Gasteiger partial charge is 0.384 e. The van der Waals surface area contributed by atoms with Crippen molar-refractivity contribution in [2.45, 2.75) is 13.5 Å². The van der Waals surface area contributed by atoms with Gasteiger partial charge in [-0.05, 0) is 54.1 Å². The van der Waals surface area contributed by atoms with Crippen LogP contribution in [0.25, 0.3) is 0 Å². The Morgan fingerprint density at radius 2 is 2.17 bits per heavy atom. The second kappa shape index (κ2) is 6.57. The Labute approximate surface area is 113 Å². The van der Waals surface area contributed by atoms with Crippen molar-refractivity contribution < 1.29 is 0 Å². The molecule has 0 aliphatic rings. The molecule has 1 heterocycles. The molecule has 0 fully saturated rings. The molecule has 1 aromatic heterocycles. The van der Waals surface area contributed by atoms with E-state index in [-0.39, 0.29) is 0 Å². The number of hydrogen-bond donors (Lipinski definition) is 1. The summed E-state index contributed by atoms with van der Waals surface area (Å²) in [5.41, 5.74) is 3.91. The van der Waals surface area contributed by atoms with E-state index < -0.39 is 0 Å². The fraction of sp³-hybridized carbons (Fsp3) is 0.333. The fourth-order valence-electron chi connectivity index (χ4n) is 1.92. The maximum absolute atomic E-state index is 3.46. The van der Waals surface area contributed by atoms with Crippen molar-refractivity contribution in [2.24, 2.45) is 0 Å². The molecule has 18 heavy (non-hydrogen) atoms. The molecule has 2 nitrogen and oxygen atoms in total. The van der Waals surface area contributed by atoms with Gasteiger partial charge in [0, 0.05) is 25.3 Å². The Morgan fingerprint density at radius 1 is 1.28 bits per heavy atom. The molecule has 2 aromatic rings. The van der Waals surface area contributed by atoms with Gasteiger partial charge in [0.2, 0.25) is 0 Å². The molecule has 1 N–H and O–H groups in total. The smallest absolute Gasteiger partial charge is 0.0343 e. The summed E-state index contributed by atoms with van der Waals surface area (Å²) in [6.45, 7) is 5.17. The molecule has 0 atom stereocenters. The van der Waals surface area contributed by atoms with Crippen LogP contribution in [0, 0.1) is 6.92 Å². The minimum Gasteiger partial charge on any atom is -0.384 e. The van der Waals surface area contributed by atoms with Crippen LogP contribution in [0.15, 0.2) is 41.1 Å². The molecule has 96 valence electrons. The van der Waals surface area contributed by atoms with Crippen LogP contribution < -0.4 is 5.32 Å². The Kier molecular flexibility index (Phi) is 4.79. The summed E-state index contributed by atoms with van der Waals surface area (Å²) in [7, 11) is 2.16. The summed E-state index contributed by atoms with van der Waals surface area (Å²) in [6.07, 6.45) is 0. The Bertz CT molecular complexity index is 465. The normalized spacial score (nSPS) is 10.8. The number of likely N-dealkylation sites (N-methyl/N-ethyl adjacent to an activating group) is 1. The lowest BCUT2D eigenvalue weighted by atomic mass is 10.2. The molecule has 0 spiro atoms. The maximum atomic E-state index is 3.46. The van der Waals surface area contributed by atoms with Gasteiger partial charge in [0.1, 0.15) is 0 Å². The topological polar surface area (TPSA) is 15.3 Å².